The Hall–Kier alpha value is -1.11. The van der Waals surface area contributed by atoms with E-state index in [-0.39, 0.29) is 8.96 Å². The average Bonchev–Trinajstić information content (AvgIpc) is 2.55. The lowest BCUT2D eigenvalue weighted by Gasteiger charge is -2.00. The van der Waals surface area contributed by atoms with Crippen molar-refractivity contribution >= 4 is 17.6 Å². The summed E-state index contributed by atoms with van der Waals surface area (Å²) in [6.45, 7) is 1.38. The van der Waals surface area contributed by atoms with Crippen LogP contribution in [-0.4, -0.2) is 13.2 Å². The smallest absolute Gasteiger partial charge is 0.178 e. The van der Waals surface area contributed by atoms with Gasteiger partial charge in [0.15, 0.2) is 8.60 Å². The zero-order valence-corrected chi connectivity index (χ0v) is 13.7. The molecule has 0 N–H and O–H groups in total. The molecule has 110 valence electrons. The van der Waals surface area contributed by atoms with Crippen molar-refractivity contribution in [2.24, 2.45) is 4.52 Å². The van der Waals surface area contributed by atoms with Crippen molar-refractivity contribution in [3.8, 4) is 0 Å². The van der Waals surface area contributed by atoms with E-state index < -0.39 is 0 Å². The van der Waals surface area contributed by atoms with Crippen LogP contribution in [0.15, 0.2) is 65.2 Å². The van der Waals surface area contributed by atoms with Crippen LogP contribution in [0.4, 0.5) is 0 Å². The van der Waals surface area contributed by atoms with Crippen molar-refractivity contribution in [1.82, 2.24) is 0 Å². The molecular formula is C16H19NO2P2. The van der Waals surface area contributed by atoms with Gasteiger partial charge in [0.25, 0.3) is 0 Å². The molecule has 3 nitrogen and oxygen atoms in total. The monoisotopic (exact) mass is 319 g/mol. The lowest BCUT2D eigenvalue weighted by atomic mass is 10.2. The minimum absolute atomic E-state index is 0.149. The number of hydrogen-bond donors (Lipinski definition) is 0. The molecule has 0 aliphatic carbocycles. The highest BCUT2D eigenvalue weighted by Crippen LogP contribution is 2.21. The predicted molar refractivity (Wildman–Crippen MR) is 89.9 cm³/mol. The maximum Gasteiger partial charge on any atom is 0.178 e. The van der Waals surface area contributed by atoms with Gasteiger partial charge in [0, 0.05) is 0 Å². The van der Waals surface area contributed by atoms with Gasteiger partial charge in [-0.05, 0) is 24.0 Å². The van der Waals surface area contributed by atoms with Gasteiger partial charge in [0.1, 0.15) is 8.96 Å². The third-order valence-electron chi connectivity index (χ3n) is 2.86. The fourth-order valence-corrected chi connectivity index (χ4v) is 2.74. The predicted octanol–water partition coefficient (Wildman–Crippen LogP) is 5.06. The Morgan fingerprint density at radius 1 is 0.810 bits per heavy atom. The number of nitrogens with zero attached hydrogens (tertiary/aromatic N) is 1. The lowest BCUT2D eigenvalue weighted by molar-refractivity contribution is 0.364. The first-order valence-electron chi connectivity index (χ1n) is 6.92. The molecule has 0 heterocycles. The van der Waals surface area contributed by atoms with Crippen LogP contribution in [0.3, 0.4) is 0 Å². The summed E-state index contributed by atoms with van der Waals surface area (Å²) in [5, 5.41) is 0. The van der Waals surface area contributed by atoms with Gasteiger partial charge in [-0.3, -0.25) is 0 Å². The largest absolute Gasteiger partial charge is 0.339 e. The first-order valence-corrected chi connectivity index (χ1v) is 8.54. The number of hydrogen-bond acceptors (Lipinski definition) is 3. The molecule has 2 rings (SSSR count). The van der Waals surface area contributed by atoms with Crippen molar-refractivity contribution in [3.63, 3.8) is 0 Å². The zero-order valence-electron chi connectivity index (χ0n) is 11.8. The van der Waals surface area contributed by atoms with Gasteiger partial charge in [0.2, 0.25) is 0 Å². The summed E-state index contributed by atoms with van der Waals surface area (Å²) in [5.74, 6) is 0. The maximum absolute atomic E-state index is 5.48. The third kappa shape index (κ3) is 7.45. The van der Waals surface area contributed by atoms with Crippen LogP contribution < -0.4 is 0 Å². The molecule has 0 amide bonds. The first-order chi connectivity index (χ1) is 10.4. The lowest BCUT2D eigenvalue weighted by Crippen LogP contribution is -1.91. The van der Waals surface area contributed by atoms with Crippen LogP contribution >= 0.6 is 17.6 Å². The van der Waals surface area contributed by atoms with Crippen LogP contribution in [0.1, 0.15) is 11.1 Å². The molecule has 0 aromatic heterocycles. The minimum atomic E-state index is 0.149. The highest BCUT2D eigenvalue weighted by Gasteiger charge is 1.92. The van der Waals surface area contributed by atoms with Crippen molar-refractivity contribution in [2.75, 3.05) is 13.2 Å². The number of rotatable bonds is 9. The molecule has 1 atom stereocenters. The van der Waals surface area contributed by atoms with E-state index in [9.17, 15) is 0 Å². The summed E-state index contributed by atoms with van der Waals surface area (Å²) < 4.78 is 15.1. The quantitative estimate of drug-likeness (QED) is 0.478. The molecular weight excluding hydrogens is 300 g/mol. The molecule has 2 aromatic rings. The van der Waals surface area contributed by atoms with Crippen LogP contribution in [-0.2, 0) is 21.9 Å². The number of benzene rings is 2. The summed E-state index contributed by atoms with van der Waals surface area (Å²) in [6, 6.07) is 20.6. The van der Waals surface area contributed by atoms with Crippen LogP contribution in [0.5, 0.6) is 0 Å². The van der Waals surface area contributed by atoms with Crippen LogP contribution in [0.2, 0.25) is 0 Å². The van der Waals surface area contributed by atoms with Gasteiger partial charge in [-0.15, -0.1) is 0 Å². The second kappa shape index (κ2) is 10.6. The molecule has 5 heteroatoms. The topological polar surface area (TPSA) is 30.8 Å². The minimum Gasteiger partial charge on any atom is -0.339 e. The molecule has 0 aliphatic heterocycles. The van der Waals surface area contributed by atoms with Crippen molar-refractivity contribution in [1.29, 1.82) is 0 Å². The summed E-state index contributed by atoms with van der Waals surface area (Å²) in [7, 11) is 0.802. The summed E-state index contributed by atoms with van der Waals surface area (Å²) in [4.78, 5) is 0. The van der Waals surface area contributed by atoms with E-state index >= 15 is 0 Å². The molecule has 0 saturated carbocycles. The Labute approximate surface area is 129 Å². The van der Waals surface area contributed by atoms with E-state index in [1.807, 2.05) is 36.4 Å². The highest BCUT2D eigenvalue weighted by atomic mass is 31.1. The van der Waals surface area contributed by atoms with E-state index in [0.717, 1.165) is 12.8 Å². The van der Waals surface area contributed by atoms with E-state index in [2.05, 4.69) is 28.8 Å². The highest BCUT2D eigenvalue weighted by molar-refractivity contribution is 7.39. The zero-order chi connectivity index (χ0) is 14.6. The van der Waals surface area contributed by atoms with Gasteiger partial charge >= 0.3 is 0 Å². The molecule has 0 saturated heterocycles. The van der Waals surface area contributed by atoms with Crippen LogP contribution in [0.25, 0.3) is 0 Å². The molecule has 2 aromatic carbocycles. The molecule has 0 bridgehead atoms. The van der Waals surface area contributed by atoms with E-state index in [1.165, 1.54) is 11.1 Å². The van der Waals surface area contributed by atoms with Gasteiger partial charge in [-0.25, -0.2) is 0 Å². The van der Waals surface area contributed by atoms with E-state index in [0.29, 0.717) is 21.8 Å². The molecule has 0 spiro atoms. The summed E-state index contributed by atoms with van der Waals surface area (Å²) in [5.41, 5.74) is 2.58. The summed E-state index contributed by atoms with van der Waals surface area (Å²) >= 11 is 0. The third-order valence-corrected chi connectivity index (χ3v) is 4.15. The second-order valence-electron chi connectivity index (χ2n) is 4.43. The van der Waals surface area contributed by atoms with E-state index in [4.69, 9.17) is 9.05 Å². The van der Waals surface area contributed by atoms with Crippen molar-refractivity contribution < 1.29 is 9.05 Å². The van der Waals surface area contributed by atoms with Gasteiger partial charge in [-0.2, -0.15) is 4.52 Å². The van der Waals surface area contributed by atoms with Gasteiger partial charge in [-0.1, -0.05) is 60.7 Å². The first kappa shape index (κ1) is 16.3. The Morgan fingerprint density at radius 3 is 2.00 bits per heavy atom. The molecule has 1 unspecified atom stereocenters. The molecule has 21 heavy (non-hydrogen) atoms. The normalized spacial score (nSPS) is 11.6. The van der Waals surface area contributed by atoms with Gasteiger partial charge < -0.3 is 9.05 Å². The average molecular weight is 319 g/mol. The fraction of sp³-hybridized carbons (Fsp3) is 0.250. The second-order valence-corrected chi connectivity index (χ2v) is 6.12. The van der Waals surface area contributed by atoms with Gasteiger partial charge in [0.05, 0.1) is 13.2 Å². The molecule has 0 radical (unpaired) electrons. The Bertz CT molecular complexity index is 520. The fourth-order valence-electron chi connectivity index (χ4n) is 1.78. The Kier molecular flexibility index (Phi) is 8.20. The molecule has 0 aliphatic rings. The van der Waals surface area contributed by atoms with E-state index in [1.54, 1.807) is 0 Å². The Balaban J connectivity index is 1.47. The van der Waals surface area contributed by atoms with Crippen molar-refractivity contribution in [2.45, 2.75) is 12.8 Å². The Morgan fingerprint density at radius 2 is 1.38 bits per heavy atom. The summed E-state index contributed by atoms with van der Waals surface area (Å²) in [6.07, 6.45) is 1.84. The standard InChI is InChI=1S/C16H19NO2P2/c1-3-7-15(8-4-1)11-13-18-20-17-21-19-14-12-16-9-5-2-6-10-16/h1-10,20H,11-14H2. The maximum atomic E-state index is 5.48. The van der Waals surface area contributed by atoms with Crippen molar-refractivity contribution in [3.05, 3.63) is 71.8 Å². The molecule has 0 fully saturated rings. The van der Waals surface area contributed by atoms with Crippen LogP contribution in [0, 0.1) is 0 Å². The SMILES string of the molecule is c1ccc(CCOP=NPOCCc2ccccc2)cc1.